The second-order valence-electron chi connectivity index (χ2n) is 4.08. The molecule has 84 valence electrons. The van der Waals surface area contributed by atoms with Gasteiger partial charge >= 0.3 is 0 Å². The second-order valence-corrected chi connectivity index (χ2v) is 6.21. The Balaban J connectivity index is 2.78. The normalized spacial score (nSPS) is 20.5. The number of nitriles is 1. The molecule has 5 heteroatoms. The molecular weight excluding hydrogens is 214 g/mol. The lowest BCUT2D eigenvalue weighted by atomic mass is 9.85. The Morgan fingerprint density at radius 3 is 2.27 bits per heavy atom. The van der Waals surface area contributed by atoms with Crippen molar-refractivity contribution >= 4 is 15.6 Å². The fourth-order valence-corrected chi connectivity index (χ4v) is 2.78. The van der Waals surface area contributed by atoms with Crippen LogP contribution in [-0.4, -0.2) is 25.7 Å². The lowest BCUT2D eigenvalue weighted by Crippen LogP contribution is -2.34. The van der Waals surface area contributed by atoms with Gasteiger partial charge in [0, 0.05) is 12.2 Å². The molecule has 1 atom stereocenters. The Hall–Kier alpha value is -0.890. The number of rotatable bonds is 3. The minimum atomic E-state index is -3.57. The number of ketones is 1. The van der Waals surface area contributed by atoms with Crippen molar-refractivity contribution in [3.05, 3.63) is 0 Å². The van der Waals surface area contributed by atoms with Gasteiger partial charge in [-0.05, 0) is 12.8 Å². The standard InChI is InChI=1S/C10H15NO3S/c1-15(13,14)9(7-11)10(12)8-5-3-2-4-6-8/h8-9H,2-6H2,1H3. The molecule has 1 aliphatic rings. The predicted molar refractivity (Wildman–Crippen MR) is 55.8 cm³/mol. The molecular formula is C10H15NO3S. The number of carbonyl (C=O) groups excluding carboxylic acids is 1. The van der Waals surface area contributed by atoms with Crippen molar-refractivity contribution in [3.63, 3.8) is 0 Å². The predicted octanol–water partition coefficient (Wildman–Crippen LogP) is 1.07. The molecule has 0 aromatic rings. The van der Waals surface area contributed by atoms with E-state index in [1.54, 1.807) is 6.07 Å². The fourth-order valence-electron chi connectivity index (χ4n) is 1.97. The molecule has 1 saturated carbocycles. The van der Waals surface area contributed by atoms with Gasteiger partial charge in [-0.3, -0.25) is 4.79 Å². The van der Waals surface area contributed by atoms with Crippen LogP contribution in [0.25, 0.3) is 0 Å². The molecule has 15 heavy (non-hydrogen) atoms. The number of hydrogen-bond donors (Lipinski definition) is 0. The van der Waals surface area contributed by atoms with Gasteiger partial charge in [-0.1, -0.05) is 19.3 Å². The topological polar surface area (TPSA) is 75.0 Å². The smallest absolute Gasteiger partial charge is 0.205 e. The SMILES string of the molecule is CS(=O)(=O)C(C#N)C(=O)C1CCCCC1. The van der Waals surface area contributed by atoms with E-state index < -0.39 is 20.9 Å². The zero-order chi connectivity index (χ0) is 11.5. The van der Waals surface area contributed by atoms with Crippen LogP contribution >= 0.6 is 0 Å². The molecule has 0 aromatic heterocycles. The molecule has 0 spiro atoms. The molecule has 0 aromatic carbocycles. The van der Waals surface area contributed by atoms with Gasteiger partial charge in [0.1, 0.15) is 0 Å². The molecule has 1 unspecified atom stereocenters. The van der Waals surface area contributed by atoms with Gasteiger partial charge in [0.25, 0.3) is 0 Å². The summed E-state index contributed by atoms with van der Waals surface area (Å²) in [6, 6.07) is 1.60. The summed E-state index contributed by atoms with van der Waals surface area (Å²) in [5.74, 6) is -0.627. The molecule has 1 fully saturated rings. The van der Waals surface area contributed by atoms with Gasteiger partial charge in [-0.25, -0.2) is 8.42 Å². The van der Waals surface area contributed by atoms with Gasteiger partial charge in [0.15, 0.2) is 15.6 Å². The van der Waals surface area contributed by atoms with Gasteiger partial charge in [-0.2, -0.15) is 5.26 Å². The van der Waals surface area contributed by atoms with E-state index in [0.29, 0.717) is 0 Å². The Bertz CT molecular complexity index is 374. The summed E-state index contributed by atoms with van der Waals surface area (Å²) < 4.78 is 22.4. The van der Waals surface area contributed by atoms with Crippen molar-refractivity contribution in [2.75, 3.05) is 6.26 Å². The van der Waals surface area contributed by atoms with E-state index in [1.807, 2.05) is 0 Å². The van der Waals surface area contributed by atoms with Crippen molar-refractivity contribution in [1.82, 2.24) is 0 Å². The number of hydrogen-bond acceptors (Lipinski definition) is 4. The van der Waals surface area contributed by atoms with Crippen LogP contribution in [0.5, 0.6) is 0 Å². The van der Waals surface area contributed by atoms with E-state index in [1.165, 1.54) is 0 Å². The highest BCUT2D eigenvalue weighted by molar-refractivity contribution is 7.92. The Labute approximate surface area is 90.2 Å². The first kappa shape index (κ1) is 12.2. The molecule has 1 aliphatic carbocycles. The first-order valence-electron chi connectivity index (χ1n) is 5.09. The molecule has 0 amide bonds. The van der Waals surface area contributed by atoms with Crippen LogP contribution < -0.4 is 0 Å². The zero-order valence-electron chi connectivity index (χ0n) is 8.77. The van der Waals surface area contributed by atoms with Crippen LogP contribution in [0.2, 0.25) is 0 Å². The summed E-state index contributed by atoms with van der Waals surface area (Å²) in [5, 5.41) is 7.25. The average Bonchev–Trinajstić information content (AvgIpc) is 2.18. The van der Waals surface area contributed by atoms with E-state index in [9.17, 15) is 13.2 Å². The minimum absolute atomic E-state index is 0.224. The quantitative estimate of drug-likeness (QED) is 0.725. The van der Waals surface area contributed by atoms with Crippen molar-refractivity contribution in [3.8, 4) is 6.07 Å². The lowest BCUT2D eigenvalue weighted by molar-refractivity contribution is -0.122. The van der Waals surface area contributed by atoms with Crippen molar-refractivity contribution < 1.29 is 13.2 Å². The summed E-state index contributed by atoms with van der Waals surface area (Å²) >= 11 is 0. The van der Waals surface area contributed by atoms with Crippen LogP contribution in [0.15, 0.2) is 0 Å². The van der Waals surface area contributed by atoms with Gasteiger partial charge < -0.3 is 0 Å². The highest BCUT2D eigenvalue weighted by Gasteiger charge is 2.34. The summed E-state index contributed by atoms with van der Waals surface area (Å²) in [6.45, 7) is 0. The minimum Gasteiger partial charge on any atom is -0.297 e. The highest BCUT2D eigenvalue weighted by Crippen LogP contribution is 2.26. The Kier molecular flexibility index (Phi) is 3.86. The van der Waals surface area contributed by atoms with Crippen LogP contribution in [0.3, 0.4) is 0 Å². The zero-order valence-corrected chi connectivity index (χ0v) is 9.59. The summed E-state index contributed by atoms with van der Waals surface area (Å²) in [5.41, 5.74) is 0. The summed E-state index contributed by atoms with van der Waals surface area (Å²) in [4.78, 5) is 11.8. The van der Waals surface area contributed by atoms with E-state index in [-0.39, 0.29) is 5.92 Å². The Morgan fingerprint density at radius 1 is 1.33 bits per heavy atom. The number of carbonyl (C=O) groups is 1. The van der Waals surface area contributed by atoms with Gasteiger partial charge in [-0.15, -0.1) is 0 Å². The van der Waals surface area contributed by atoms with Crippen LogP contribution in [0.1, 0.15) is 32.1 Å². The van der Waals surface area contributed by atoms with Crippen LogP contribution in [0, 0.1) is 17.2 Å². The molecule has 0 bridgehead atoms. The number of nitrogens with zero attached hydrogens (tertiary/aromatic N) is 1. The number of Topliss-reactive ketones (excluding diaryl/α,β-unsaturated/α-hetero) is 1. The molecule has 4 nitrogen and oxygen atoms in total. The Morgan fingerprint density at radius 2 is 1.87 bits per heavy atom. The third-order valence-electron chi connectivity index (χ3n) is 2.81. The molecule has 0 radical (unpaired) electrons. The number of sulfone groups is 1. The van der Waals surface area contributed by atoms with Gasteiger partial charge in [0.05, 0.1) is 6.07 Å². The van der Waals surface area contributed by atoms with E-state index >= 15 is 0 Å². The maximum atomic E-state index is 11.8. The molecule has 0 aliphatic heterocycles. The maximum absolute atomic E-state index is 11.8. The fraction of sp³-hybridized carbons (Fsp3) is 0.800. The van der Waals surface area contributed by atoms with Crippen molar-refractivity contribution in [2.24, 2.45) is 5.92 Å². The first-order chi connectivity index (χ1) is 6.96. The molecule has 1 rings (SSSR count). The van der Waals surface area contributed by atoms with Gasteiger partial charge in [0.2, 0.25) is 5.25 Å². The monoisotopic (exact) mass is 229 g/mol. The largest absolute Gasteiger partial charge is 0.297 e. The molecule has 0 saturated heterocycles. The van der Waals surface area contributed by atoms with Crippen LogP contribution in [0.4, 0.5) is 0 Å². The van der Waals surface area contributed by atoms with Crippen LogP contribution in [-0.2, 0) is 14.6 Å². The average molecular weight is 229 g/mol. The van der Waals surface area contributed by atoms with E-state index in [2.05, 4.69) is 0 Å². The van der Waals surface area contributed by atoms with Crippen molar-refractivity contribution in [1.29, 1.82) is 5.26 Å². The first-order valence-corrected chi connectivity index (χ1v) is 7.04. The third-order valence-corrected chi connectivity index (χ3v) is 4.01. The highest BCUT2D eigenvalue weighted by atomic mass is 32.2. The maximum Gasteiger partial charge on any atom is 0.205 e. The molecule has 0 N–H and O–H groups in total. The van der Waals surface area contributed by atoms with E-state index in [4.69, 9.17) is 5.26 Å². The third kappa shape index (κ3) is 3.03. The van der Waals surface area contributed by atoms with Crippen molar-refractivity contribution in [2.45, 2.75) is 37.4 Å². The summed E-state index contributed by atoms with van der Waals surface area (Å²) in [6.07, 6.45) is 5.41. The van der Waals surface area contributed by atoms with E-state index in [0.717, 1.165) is 38.4 Å². The molecule has 0 heterocycles. The summed E-state index contributed by atoms with van der Waals surface area (Å²) in [7, 11) is -3.57. The lowest BCUT2D eigenvalue weighted by Gasteiger charge is -2.21. The second kappa shape index (κ2) is 4.75.